The summed E-state index contributed by atoms with van der Waals surface area (Å²) in [6.07, 6.45) is 3.42. The zero-order valence-electron chi connectivity index (χ0n) is 4.89. The Bertz CT molecular complexity index is 49.4. The highest BCUT2D eigenvalue weighted by atomic mass is 16.5. The van der Waals surface area contributed by atoms with Gasteiger partial charge in [-0.05, 0) is 0 Å². The molecule has 0 aliphatic rings. The first-order chi connectivity index (χ1) is 3.41. The molecule has 0 N–H and O–H groups in total. The van der Waals surface area contributed by atoms with Crippen molar-refractivity contribution >= 4 is 0 Å². The fraction of sp³-hybridized carbons (Fsp3) is 0.286. The van der Waals surface area contributed by atoms with Gasteiger partial charge in [0.25, 0.3) is 0 Å². The molecule has 0 rings (SSSR count). The summed E-state index contributed by atoms with van der Waals surface area (Å²) in [4.78, 5) is 0. The molecule has 0 bridgehead atoms. The van der Waals surface area contributed by atoms with Crippen molar-refractivity contribution in [3.8, 4) is 0 Å². The molecular formula is C7H10O. The molecule has 1 nitrogen and oxygen atoms in total. The zero-order valence-corrected chi connectivity index (χ0v) is 4.89. The number of ether oxygens (including phenoxy) is 1. The van der Waals surface area contributed by atoms with Crippen LogP contribution in [-0.4, -0.2) is 13.2 Å². The average Bonchev–Trinajstić information content (AvgIpc) is 1.69. The van der Waals surface area contributed by atoms with Crippen molar-refractivity contribution in [3.05, 3.63) is 32.7 Å². The standard InChI is InChI=1S/C6H10O.C/c1-3-5-7-6-4-2;/h3-4H,1-2,5-6H2;. The molecule has 0 fully saturated rings. The summed E-state index contributed by atoms with van der Waals surface area (Å²) in [5.41, 5.74) is 0. The Morgan fingerprint density at radius 1 is 1.12 bits per heavy atom. The molecule has 0 heterocycles. The molecular weight excluding hydrogens is 100 g/mol. The van der Waals surface area contributed by atoms with E-state index in [9.17, 15) is 0 Å². The Labute approximate surface area is 51.7 Å². The lowest BCUT2D eigenvalue weighted by Crippen LogP contribution is -1.87. The zero-order chi connectivity index (χ0) is 5.54. The van der Waals surface area contributed by atoms with Gasteiger partial charge >= 0.3 is 0 Å². The van der Waals surface area contributed by atoms with Crippen molar-refractivity contribution < 1.29 is 4.74 Å². The van der Waals surface area contributed by atoms with Crippen LogP contribution in [0.5, 0.6) is 0 Å². The van der Waals surface area contributed by atoms with Crippen LogP contribution in [0.15, 0.2) is 25.3 Å². The summed E-state index contributed by atoms with van der Waals surface area (Å²) in [6.45, 7) is 8.18. The van der Waals surface area contributed by atoms with Crippen LogP contribution >= 0.6 is 0 Å². The summed E-state index contributed by atoms with van der Waals surface area (Å²) >= 11 is 0. The summed E-state index contributed by atoms with van der Waals surface area (Å²) in [5.74, 6) is 0. The Balaban J connectivity index is 0. The van der Waals surface area contributed by atoms with Crippen molar-refractivity contribution in [3.63, 3.8) is 0 Å². The van der Waals surface area contributed by atoms with Crippen LogP contribution in [0, 0.1) is 7.43 Å². The smallest absolute Gasteiger partial charge is 0.0649 e. The predicted molar refractivity (Wildman–Crippen MR) is 34.5 cm³/mol. The van der Waals surface area contributed by atoms with Crippen molar-refractivity contribution in [2.24, 2.45) is 0 Å². The molecule has 0 atom stereocenters. The quantitative estimate of drug-likeness (QED) is 0.393. The Hall–Kier alpha value is -0.560. The molecule has 0 unspecified atom stereocenters. The molecule has 1 heteroatoms. The van der Waals surface area contributed by atoms with E-state index in [2.05, 4.69) is 13.2 Å². The van der Waals surface area contributed by atoms with Gasteiger partial charge in [0.1, 0.15) is 0 Å². The molecule has 0 aromatic heterocycles. The van der Waals surface area contributed by atoms with Crippen molar-refractivity contribution in [1.82, 2.24) is 0 Å². The molecule has 0 spiro atoms. The van der Waals surface area contributed by atoms with Gasteiger partial charge in [0.2, 0.25) is 0 Å². The highest BCUT2D eigenvalue weighted by Crippen LogP contribution is 1.72. The van der Waals surface area contributed by atoms with E-state index in [-0.39, 0.29) is 7.43 Å². The van der Waals surface area contributed by atoms with Gasteiger partial charge in [0.15, 0.2) is 0 Å². The third kappa shape index (κ3) is 9.06. The number of hydrogen-bond acceptors (Lipinski definition) is 1. The van der Waals surface area contributed by atoms with Crippen LogP contribution in [0.3, 0.4) is 0 Å². The van der Waals surface area contributed by atoms with Gasteiger partial charge in [-0.3, -0.25) is 0 Å². The second kappa shape index (κ2) is 9.67. The van der Waals surface area contributed by atoms with Crippen LogP contribution in [-0.2, 0) is 4.74 Å². The fourth-order valence-corrected chi connectivity index (χ4v) is 0.235. The second-order valence-corrected chi connectivity index (χ2v) is 1.11. The highest BCUT2D eigenvalue weighted by molar-refractivity contribution is 4.68. The van der Waals surface area contributed by atoms with Gasteiger partial charge in [0, 0.05) is 7.43 Å². The SMILES string of the molecule is C=CCOCC=C.[C]. The van der Waals surface area contributed by atoms with E-state index in [0.29, 0.717) is 13.2 Å². The number of hydrogen-bond donors (Lipinski definition) is 0. The van der Waals surface area contributed by atoms with Crippen LogP contribution in [0.1, 0.15) is 0 Å². The van der Waals surface area contributed by atoms with E-state index in [1.165, 1.54) is 0 Å². The second-order valence-electron chi connectivity index (χ2n) is 1.11. The van der Waals surface area contributed by atoms with Crippen molar-refractivity contribution in [2.75, 3.05) is 13.2 Å². The third-order valence-corrected chi connectivity index (χ3v) is 0.471. The molecule has 0 saturated heterocycles. The largest absolute Gasteiger partial charge is 0.373 e. The van der Waals surface area contributed by atoms with Gasteiger partial charge in [-0.2, -0.15) is 0 Å². The summed E-state index contributed by atoms with van der Waals surface area (Å²) < 4.78 is 4.90. The predicted octanol–water partition coefficient (Wildman–Crippen LogP) is 1.46. The maximum absolute atomic E-state index is 4.90. The minimum Gasteiger partial charge on any atom is -0.373 e. The van der Waals surface area contributed by atoms with E-state index in [4.69, 9.17) is 4.74 Å². The monoisotopic (exact) mass is 110 g/mol. The summed E-state index contributed by atoms with van der Waals surface area (Å²) in [7, 11) is 0. The van der Waals surface area contributed by atoms with Gasteiger partial charge in [-0.25, -0.2) is 0 Å². The van der Waals surface area contributed by atoms with Crippen LogP contribution < -0.4 is 0 Å². The first-order valence-electron chi connectivity index (χ1n) is 2.21. The molecule has 8 heavy (non-hydrogen) atoms. The number of rotatable bonds is 4. The molecule has 44 valence electrons. The van der Waals surface area contributed by atoms with Crippen LogP contribution in [0.4, 0.5) is 0 Å². The van der Waals surface area contributed by atoms with Crippen LogP contribution in [0.25, 0.3) is 0 Å². The molecule has 0 saturated carbocycles. The van der Waals surface area contributed by atoms with Crippen LogP contribution in [0.2, 0.25) is 0 Å². The summed E-state index contributed by atoms with van der Waals surface area (Å²) in [6, 6.07) is 0. The lowest BCUT2D eigenvalue weighted by atomic mass is 10.6. The van der Waals surface area contributed by atoms with E-state index >= 15 is 0 Å². The van der Waals surface area contributed by atoms with Gasteiger partial charge in [-0.15, -0.1) is 13.2 Å². The first kappa shape index (κ1) is 10.4. The topological polar surface area (TPSA) is 9.23 Å². The Morgan fingerprint density at radius 2 is 1.50 bits per heavy atom. The maximum atomic E-state index is 4.90. The molecule has 4 radical (unpaired) electrons. The fourth-order valence-electron chi connectivity index (χ4n) is 0.235. The normalized spacial score (nSPS) is 7.00. The summed E-state index contributed by atoms with van der Waals surface area (Å²) in [5, 5.41) is 0. The van der Waals surface area contributed by atoms with Gasteiger partial charge < -0.3 is 4.74 Å². The minimum atomic E-state index is 0. The molecule has 0 aliphatic carbocycles. The molecule has 0 aromatic rings. The molecule has 0 aliphatic heterocycles. The molecule has 0 aromatic carbocycles. The highest BCUT2D eigenvalue weighted by Gasteiger charge is 1.70. The Kier molecular flexibility index (Phi) is 12.6. The third-order valence-electron chi connectivity index (χ3n) is 0.471. The van der Waals surface area contributed by atoms with Crippen molar-refractivity contribution in [2.45, 2.75) is 0 Å². The van der Waals surface area contributed by atoms with E-state index in [1.54, 1.807) is 12.2 Å². The van der Waals surface area contributed by atoms with E-state index in [1.807, 2.05) is 0 Å². The average molecular weight is 110 g/mol. The minimum absolute atomic E-state index is 0. The first-order valence-corrected chi connectivity index (χ1v) is 2.21. The molecule has 0 amide bonds. The van der Waals surface area contributed by atoms with E-state index < -0.39 is 0 Å². The van der Waals surface area contributed by atoms with E-state index in [0.717, 1.165) is 0 Å². The lowest BCUT2D eigenvalue weighted by molar-refractivity contribution is 0.194. The van der Waals surface area contributed by atoms with Crippen molar-refractivity contribution in [1.29, 1.82) is 0 Å². The maximum Gasteiger partial charge on any atom is 0.0649 e. The Morgan fingerprint density at radius 3 is 1.75 bits per heavy atom. The lowest BCUT2D eigenvalue weighted by Gasteiger charge is -1.89. The van der Waals surface area contributed by atoms with Gasteiger partial charge in [-0.1, -0.05) is 12.2 Å². The van der Waals surface area contributed by atoms with Gasteiger partial charge in [0.05, 0.1) is 13.2 Å².